The summed E-state index contributed by atoms with van der Waals surface area (Å²) in [5, 5.41) is 0. The molecule has 1 aliphatic rings. The molecule has 104 valence electrons. The predicted octanol–water partition coefficient (Wildman–Crippen LogP) is 3.46. The van der Waals surface area contributed by atoms with Crippen molar-refractivity contribution >= 4 is 11.4 Å². The van der Waals surface area contributed by atoms with Crippen LogP contribution >= 0.6 is 0 Å². The van der Waals surface area contributed by atoms with E-state index in [-0.39, 0.29) is 5.56 Å². The average molecular weight is 278 g/mol. The summed E-state index contributed by atoms with van der Waals surface area (Å²) in [6.45, 7) is 11.0. The van der Waals surface area contributed by atoms with Gasteiger partial charge in [0.05, 0.1) is 12.3 Å². The number of ether oxygens (including phenoxy) is 1. The highest BCUT2D eigenvalue weighted by molar-refractivity contribution is 5.76. The lowest BCUT2D eigenvalue weighted by Gasteiger charge is -2.31. The zero-order valence-corrected chi connectivity index (χ0v) is 11.8. The maximum atomic E-state index is 12.1. The average Bonchev–Trinajstić information content (AvgIpc) is 2.46. The summed E-state index contributed by atoms with van der Waals surface area (Å²) in [6.07, 6.45) is 3.63. The van der Waals surface area contributed by atoms with E-state index in [1.165, 1.54) is 6.07 Å². The summed E-state index contributed by atoms with van der Waals surface area (Å²) in [6, 6.07) is 10.3. The van der Waals surface area contributed by atoms with Gasteiger partial charge in [-0.05, 0) is 38.1 Å². The van der Waals surface area contributed by atoms with Crippen LogP contribution in [0.5, 0.6) is 5.75 Å². The second-order valence-corrected chi connectivity index (χ2v) is 5.44. The van der Waals surface area contributed by atoms with E-state index in [0.717, 1.165) is 11.3 Å². The number of nitrogens with zero attached hydrogens (tertiary/aromatic N) is 2. The Hall–Kier alpha value is -2.80. The number of hydrogen-bond donors (Lipinski definition) is 0. The van der Waals surface area contributed by atoms with E-state index < -0.39 is 5.60 Å². The number of benzene rings is 1. The molecule has 2 aromatic rings. The van der Waals surface area contributed by atoms with Gasteiger partial charge < -0.3 is 4.74 Å². The Morgan fingerprint density at radius 1 is 1.24 bits per heavy atom. The Morgan fingerprint density at radius 3 is 2.76 bits per heavy atom. The molecule has 4 heteroatoms. The Balaban J connectivity index is 2.29. The molecule has 0 unspecified atom stereocenters. The van der Waals surface area contributed by atoms with Crippen molar-refractivity contribution in [3.05, 3.63) is 76.0 Å². The summed E-state index contributed by atoms with van der Waals surface area (Å²) >= 11 is 0. The molecule has 0 spiro atoms. The zero-order valence-electron chi connectivity index (χ0n) is 11.8. The van der Waals surface area contributed by atoms with Crippen molar-refractivity contribution in [1.29, 1.82) is 0 Å². The van der Waals surface area contributed by atoms with E-state index in [1.807, 2.05) is 26.0 Å². The third kappa shape index (κ3) is 2.34. The van der Waals surface area contributed by atoms with Crippen LogP contribution in [0.15, 0.2) is 53.5 Å². The zero-order chi connectivity index (χ0) is 15.0. The molecule has 0 aliphatic carbocycles. The minimum Gasteiger partial charge on any atom is -0.483 e. The highest BCUT2D eigenvalue weighted by atomic mass is 16.5. The first-order chi connectivity index (χ1) is 10.00. The summed E-state index contributed by atoms with van der Waals surface area (Å²) in [5.74, 6) is 0.681. The van der Waals surface area contributed by atoms with E-state index in [2.05, 4.69) is 4.85 Å². The molecule has 1 aromatic heterocycles. The Labute approximate surface area is 122 Å². The normalized spacial score (nSPS) is 15.4. The summed E-state index contributed by atoms with van der Waals surface area (Å²) in [5.41, 5.74) is 1.40. The van der Waals surface area contributed by atoms with E-state index in [9.17, 15) is 4.79 Å². The number of fused-ring (bicyclic) bond motifs is 1. The number of aromatic nitrogens is 1. The van der Waals surface area contributed by atoms with Gasteiger partial charge in [-0.25, -0.2) is 4.85 Å². The van der Waals surface area contributed by atoms with E-state index in [4.69, 9.17) is 11.3 Å². The molecule has 0 amide bonds. The highest BCUT2D eigenvalue weighted by Crippen LogP contribution is 2.38. The van der Waals surface area contributed by atoms with Gasteiger partial charge in [-0.2, -0.15) is 0 Å². The molecule has 0 radical (unpaired) electrons. The van der Waals surface area contributed by atoms with Crippen LogP contribution in [0, 0.1) is 6.57 Å². The molecule has 0 atom stereocenters. The van der Waals surface area contributed by atoms with E-state index in [1.54, 1.807) is 35.0 Å². The summed E-state index contributed by atoms with van der Waals surface area (Å²) in [7, 11) is 0. The minimum atomic E-state index is -0.517. The van der Waals surface area contributed by atoms with Crippen LogP contribution in [-0.4, -0.2) is 10.2 Å². The highest BCUT2D eigenvalue weighted by Gasteiger charge is 2.27. The minimum absolute atomic E-state index is 0.111. The fraction of sp³-hybridized carbons (Fsp3) is 0.176. The van der Waals surface area contributed by atoms with Gasteiger partial charge in [-0.1, -0.05) is 12.1 Å². The third-order valence-corrected chi connectivity index (χ3v) is 3.31. The molecule has 3 rings (SSSR count). The summed E-state index contributed by atoms with van der Waals surface area (Å²) < 4.78 is 7.50. The van der Waals surface area contributed by atoms with Gasteiger partial charge in [-0.3, -0.25) is 9.36 Å². The lowest BCUT2D eigenvalue weighted by Crippen LogP contribution is -2.31. The van der Waals surface area contributed by atoms with Gasteiger partial charge in [0.15, 0.2) is 5.69 Å². The van der Waals surface area contributed by atoms with Crippen LogP contribution in [0.1, 0.15) is 19.4 Å². The first-order valence-corrected chi connectivity index (χ1v) is 6.62. The van der Waals surface area contributed by atoms with Gasteiger partial charge in [0, 0.05) is 17.8 Å². The lowest BCUT2D eigenvalue weighted by molar-refractivity contribution is 0.157. The fourth-order valence-corrected chi connectivity index (χ4v) is 2.42. The smallest absolute Gasteiger partial charge is 0.255 e. The number of hydrogen-bond acceptors (Lipinski definition) is 2. The topological polar surface area (TPSA) is 35.6 Å². The maximum absolute atomic E-state index is 12.1. The van der Waals surface area contributed by atoms with Crippen LogP contribution in [0.2, 0.25) is 0 Å². The molecule has 0 saturated heterocycles. The van der Waals surface area contributed by atoms with E-state index >= 15 is 0 Å². The third-order valence-electron chi connectivity index (χ3n) is 3.31. The number of rotatable bonds is 1. The predicted molar refractivity (Wildman–Crippen MR) is 81.5 cm³/mol. The van der Waals surface area contributed by atoms with Crippen molar-refractivity contribution in [2.75, 3.05) is 0 Å². The van der Waals surface area contributed by atoms with Crippen molar-refractivity contribution in [2.24, 2.45) is 0 Å². The van der Waals surface area contributed by atoms with Crippen molar-refractivity contribution in [2.45, 2.75) is 19.4 Å². The standard InChI is InChI=1S/C17H14N2O2/c1-17(2)11-14(19-9-5-4-6-16(19)20)13-10-12(18-3)7-8-15(13)21-17/h4-11H,1-2H3. The monoisotopic (exact) mass is 278 g/mol. The van der Waals surface area contributed by atoms with Crippen LogP contribution in [-0.2, 0) is 0 Å². The van der Waals surface area contributed by atoms with Gasteiger partial charge in [0.25, 0.3) is 5.56 Å². The Kier molecular flexibility index (Phi) is 2.91. The first kappa shape index (κ1) is 13.2. The quantitative estimate of drug-likeness (QED) is 0.749. The molecular formula is C17H14N2O2. The fourth-order valence-electron chi connectivity index (χ4n) is 2.42. The first-order valence-electron chi connectivity index (χ1n) is 6.62. The molecule has 0 fully saturated rings. The van der Waals surface area contributed by atoms with Crippen molar-refractivity contribution in [3.63, 3.8) is 0 Å². The van der Waals surface area contributed by atoms with E-state index in [0.29, 0.717) is 11.4 Å². The number of pyridine rings is 1. The van der Waals surface area contributed by atoms with Gasteiger partial charge in [0.2, 0.25) is 0 Å². The molecule has 21 heavy (non-hydrogen) atoms. The SMILES string of the molecule is [C-]#[N+]c1ccc2c(c1)C(n1ccccc1=O)=CC(C)(C)O2. The van der Waals surface area contributed by atoms with Crippen LogP contribution in [0.4, 0.5) is 5.69 Å². The van der Waals surface area contributed by atoms with Crippen LogP contribution in [0.3, 0.4) is 0 Å². The van der Waals surface area contributed by atoms with Gasteiger partial charge >= 0.3 is 0 Å². The summed E-state index contributed by atoms with van der Waals surface area (Å²) in [4.78, 5) is 15.6. The Bertz CT molecular complexity index is 838. The van der Waals surface area contributed by atoms with Crippen molar-refractivity contribution in [1.82, 2.24) is 4.57 Å². The molecule has 1 aliphatic heterocycles. The second kappa shape index (κ2) is 4.64. The van der Waals surface area contributed by atoms with Crippen LogP contribution < -0.4 is 10.3 Å². The second-order valence-electron chi connectivity index (χ2n) is 5.44. The molecule has 1 aromatic carbocycles. The maximum Gasteiger partial charge on any atom is 0.255 e. The molecule has 2 heterocycles. The molecule has 4 nitrogen and oxygen atoms in total. The van der Waals surface area contributed by atoms with Crippen molar-refractivity contribution in [3.8, 4) is 5.75 Å². The molecule has 0 N–H and O–H groups in total. The molecule has 0 bridgehead atoms. The Morgan fingerprint density at radius 2 is 2.05 bits per heavy atom. The molecular weight excluding hydrogens is 264 g/mol. The van der Waals surface area contributed by atoms with Crippen LogP contribution in [0.25, 0.3) is 10.5 Å². The largest absolute Gasteiger partial charge is 0.483 e. The lowest BCUT2D eigenvalue weighted by atomic mass is 9.98. The molecule has 0 saturated carbocycles. The van der Waals surface area contributed by atoms with Gasteiger partial charge in [0.1, 0.15) is 11.4 Å². The van der Waals surface area contributed by atoms with Crippen molar-refractivity contribution < 1.29 is 4.74 Å². The van der Waals surface area contributed by atoms with Gasteiger partial charge in [-0.15, -0.1) is 0 Å².